The van der Waals surface area contributed by atoms with Gasteiger partial charge in [-0.2, -0.15) is 0 Å². The Bertz CT molecular complexity index is 888. The lowest BCUT2D eigenvalue weighted by Crippen LogP contribution is -2.42. The van der Waals surface area contributed by atoms with Gasteiger partial charge in [-0.25, -0.2) is 0 Å². The molecular formula is C26H35NO5. The number of amides is 1. The number of ether oxygens (including phenoxy) is 1. The van der Waals surface area contributed by atoms with E-state index in [4.69, 9.17) is 15.6 Å². The van der Waals surface area contributed by atoms with Crippen LogP contribution in [-0.2, 0) is 9.53 Å². The number of rotatable bonds is 12. The molecule has 3 rings (SSSR count). The van der Waals surface area contributed by atoms with Crippen molar-refractivity contribution in [1.29, 1.82) is 0 Å². The van der Waals surface area contributed by atoms with Crippen LogP contribution in [0.25, 0.3) is 11.3 Å². The molecule has 6 heteroatoms. The van der Waals surface area contributed by atoms with Crippen molar-refractivity contribution in [3.05, 3.63) is 48.2 Å². The van der Waals surface area contributed by atoms with E-state index in [-0.39, 0.29) is 24.3 Å². The zero-order valence-corrected chi connectivity index (χ0v) is 19.1. The lowest BCUT2D eigenvalue weighted by molar-refractivity contribution is -0.137. The number of furan rings is 1. The highest BCUT2D eigenvalue weighted by Gasteiger charge is 2.32. The molecule has 2 aromatic rings. The Morgan fingerprint density at radius 3 is 2.62 bits per heavy atom. The number of carboxylic acids is 1. The van der Waals surface area contributed by atoms with E-state index in [1.807, 2.05) is 24.3 Å². The molecular weight excluding hydrogens is 406 g/mol. The number of hydrogen-bond acceptors (Lipinski definition) is 4. The minimum atomic E-state index is -1.05. The average Bonchev–Trinajstić information content (AvgIpc) is 3.45. The first-order chi connectivity index (χ1) is 15.8. The molecule has 1 aromatic heterocycles. The number of aliphatic carboxylic acids is 1. The summed E-state index contributed by atoms with van der Waals surface area (Å²) in [7, 11) is 0. The summed E-state index contributed by atoms with van der Waals surface area (Å²) in [5.74, 6) is 0.0334. The van der Waals surface area contributed by atoms with Crippen LogP contribution in [0.1, 0.15) is 70.5 Å². The van der Waals surface area contributed by atoms with Crippen molar-refractivity contribution in [2.45, 2.75) is 70.9 Å². The van der Waals surface area contributed by atoms with Crippen molar-refractivity contribution < 1.29 is 25.2 Å². The molecule has 1 N–H and O–H groups in total. The van der Waals surface area contributed by atoms with Gasteiger partial charge in [-0.1, -0.05) is 25.0 Å². The third kappa shape index (κ3) is 6.70. The van der Waals surface area contributed by atoms with Gasteiger partial charge in [0, 0.05) is 42.6 Å². The highest BCUT2D eigenvalue weighted by molar-refractivity contribution is 5.94. The number of nitrogens with zero attached hydrogens (tertiary/aromatic N) is 1. The van der Waals surface area contributed by atoms with E-state index >= 15 is 0 Å². The van der Waals surface area contributed by atoms with E-state index < -0.39 is 12.0 Å². The fourth-order valence-corrected chi connectivity index (χ4v) is 4.30. The first kappa shape index (κ1) is 22.6. The van der Waals surface area contributed by atoms with Crippen LogP contribution in [0.15, 0.2) is 47.1 Å². The van der Waals surface area contributed by atoms with Gasteiger partial charge in [0.1, 0.15) is 5.76 Å². The molecule has 1 aromatic carbocycles. The summed E-state index contributed by atoms with van der Waals surface area (Å²) in [6.45, 7) is 4.58. The van der Waals surface area contributed by atoms with Crippen LogP contribution in [0.5, 0.6) is 0 Å². The molecule has 1 amide bonds. The van der Waals surface area contributed by atoms with Gasteiger partial charge in [-0.15, -0.1) is 0 Å². The van der Waals surface area contributed by atoms with Crippen molar-refractivity contribution in [3.8, 4) is 11.3 Å². The maximum Gasteiger partial charge on any atom is 0.303 e. The molecule has 1 aliphatic carbocycles. The largest absolute Gasteiger partial charge is 0.481 e. The third-order valence-corrected chi connectivity index (χ3v) is 6.10. The topological polar surface area (TPSA) is 80.0 Å². The van der Waals surface area contributed by atoms with E-state index in [0.717, 1.165) is 43.4 Å². The van der Waals surface area contributed by atoms with Crippen LogP contribution < -0.4 is 0 Å². The summed E-state index contributed by atoms with van der Waals surface area (Å²) in [5, 5.41) is 8.73. The van der Waals surface area contributed by atoms with E-state index in [9.17, 15) is 9.59 Å². The van der Waals surface area contributed by atoms with Crippen molar-refractivity contribution in [2.24, 2.45) is 5.92 Å². The fraction of sp³-hybridized carbons (Fsp3) is 0.538. The SMILES string of the molecule is [2H]C(C)(C)N(CC1CCCC1OCCCCCC(=O)O)C(=O)c1ccc(-c2ccco2)cc1. The summed E-state index contributed by atoms with van der Waals surface area (Å²) in [6, 6.07) is 9.97. The summed E-state index contributed by atoms with van der Waals surface area (Å²) in [5.41, 5.74) is 1.46. The van der Waals surface area contributed by atoms with E-state index in [0.29, 0.717) is 25.1 Å². The predicted octanol–water partition coefficient (Wildman–Crippen LogP) is 5.63. The molecule has 1 saturated carbocycles. The molecule has 6 nitrogen and oxygen atoms in total. The number of carbonyl (C=O) groups is 2. The molecule has 1 fully saturated rings. The van der Waals surface area contributed by atoms with Gasteiger partial charge in [-0.3, -0.25) is 9.59 Å². The molecule has 1 heterocycles. The van der Waals surface area contributed by atoms with Crippen LogP contribution in [0, 0.1) is 5.92 Å². The second kappa shape index (κ2) is 11.9. The normalized spacial score (nSPS) is 19.0. The number of carboxylic acid groups (broad SMARTS) is 1. The van der Waals surface area contributed by atoms with E-state index in [1.165, 1.54) is 0 Å². The van der Waals surface area contributed by atoms with Gasteiger partial charge in [0.05, 0.1) is 13.7 Å². The predicted molar refractivity (Wildman–Crippen MR) is 124 cm³/mol. The lowest BCUT2D eigenvalue weighted by atomic mass is 10.0. The summed E-state index contributed by atoms with van der Waals surface area (Å²) in [4.78, 5) is 25.6. The van der Waals surface area contributed by atoms with Gasteiger partial charge in [0.2, 0.25) is 0 Å². The smallest absolute Gasteiger partial charge is 0.303 e. The quantitative estimate of drug-likeness (QED) is 0.431. The fourth-order valence-electron chi connectivity index (χ4n) is 4.30. The summed E-state index contributed by atoms with van der Waals surface area (Å²) < 4.78 is 20.1. The molecule has 0 saturated heterocycles. The number of hydrogen-bond donors (Lipinski definition) is 1. The second-order valence-electron chi connectivity index (χ2n) is 8.72. The van der Waals surface area contributed by atoms with Gasteiger partial charge >= 0.3 is 5.97 Å². The molecule has 0 radical (unpaired) electrons. The molecule has 2 unspecified atom stereocenters. The van der Waals surface area contributed by atoms with Crippen LogP contribution in [0.2, 0.25) is 0 Å². The number of unbranched alkanes of at least 4 members (excludes halogenated alkanes) is 2. The van der Waals surface area contributed by atoms with Crippen LogP contribution in [-0.4, -0.2) is 47.2 Å². The second-order valence-corrected chi connectivity index (χ2v) is 8.72. The molecule has 0 spiro atoms. The maximum absolute atomic E-state index is 13.4. The van der Waals surface area contributed by atoms with Crippen molar-refractivity contribution in [3.63, 3.8) is 0 Å². The first-order valence-corrected chi connectivity index (χ1v) is 11.5. The minimum Gasteiger partial charge on any atom is -0.481 e. The van der Waals surface area contributed by atoms with E-state index in [2.05, 4.69) is 0 Å². The van der Waals surface area contributed by atoms with Crippen molar-refractivity contribution >= 4 is 11.9 Å². The third-order valence-electron chi connectivity index (χ3n) is 6.10. The number of benzene rings is 1. The Balaban J connectivity index is 1.59. The minimum absolute atomic E-state index is 0.0726. The van der Waals surface area contributed by atoms with E-state index in [1.54, 1.807) is 37.1 Å². The molecule has 0 aliphatic heterocycles. The van der Waals surface area contributed by atoms with Crippen LogP contribution >= 0.6 is 0 Å². The monoisotopic (exact) mass is 442 g/mol. The zero-order chi connectivity index (χ0) is 23.8. The molecule has 2 atom stereocenters. The maximum atomic E-state index is 13.4. The number of carbonyl (C=O) groups excluding carboxylic acids is 1. The highest BCUT2D eigenvalue weighted by atomic mass is 16.5. The average molecular weight is 443 g/mol. The Kier molecular flexibility index (Phi) is 8.37. The zero-order valence-electron chi connectivity index (χ0n) is 20.1. The van der Waals surface area contributed by atoms with Gasteiger partial charge in [0.25, 0.3) is 5.91 Å². The molecule has 32 heavy (non-hydrogen) atoms. The Labute approximate surface area is 192 Å². The van der Waals surface area contributed by atoms with Crippen LogP contribution in [0.4, 0.5) is 0 Å². The summed E-state index contributed by atoms with van der Waals surface area (Å²) in [6.07, 6.45) is 7.21. The van der Waals surface area contributed by atoms with Crippen molar-refractivity contribution in [1.82, 2.24) is 4.90 Å². The molecule has 0 bridgehead atoms. The Hall–Kier alpha value is -2.60. The molecule has 174 valence electrons. The standard InChI is InChI=1S/C26H35NO5/c1-19(2)27(26(30)21-14-12-20(13-15-21)23-10-7-17-32-23)18-22-8-6-9-24(22)31-16-5-3-4-11-25(28)29/h7,10,12-15,17,19,22,24H,3-6,8-9,11,16,18H2,1-2H3,(H,28,29)/i19D. The van der Waals surface area contributed by atoms with Crippen molar-refractivity contribution in [2.75, 3.05) is 13.2 Å². The lowest BCUT2D eigenvalue weighted by Gasteiger charge is -2.32. The Morgan fingerprint density at radius 2 is 1.97 bits per heavy atom. The highest BCUT2D eigenvalue weighted by Crippen LogP contribution is 2.30. The summed E-state index contributed by atoms with van der Waals surface area (Å²) >= 11 is 0. The van der Waals surface area contributed by atoms with Gasteiger partial charge in [-0.05, 0) is 63.8 Å². The van der Waals surface area contributed by atoms with Gasteiger partial charge < -0.3 is 19.2 Å². The first-order valence-electron chi connectivity index (χ1n) is 12.0. The van der Waals surface area contributed by atoms with Gasteiger partial charge in [0.15, 0.2) is 0 Å². The Morgan fingerprint density at radius 1 is 1.19 bits per heavy atom. The van der Waals surface area contributed by atoms with Crippen LogP contribution in [0.3, 0.4) is 0 Å². The molecule has 1 aliphatic rings.